The third-order valence-corrected chi connectivity index (χ3v) is 7.85. The number of fused-ring (bicyclic) bond motifs is 1. The lowest BCUT2D eigenvalue weighted by molar-refractivity contribution is -0.138. The van der Waals surface area contributed by atoms with Gasteiger partial charge in [0.2, 0.25) is 0 Å². The van der Waals surface area contributed by atoms with E-state index in [9.17, 15) is 32.7 Å². The Morgan fingerprint density at radius 3 is 2.60 bits per heavy atom. The zero-order valence-corrected chi connectivity index (χ0v) is 24.3. The first-order chi connectivity index (χ1) is 19.6. The zero-order chi connectivity index (χ0) is 30.6. The molecule has 0 aliphatic carbocycles. The second-order valence-corrected chi connectivity index (χ2v) is 12.4. The first kappa shape index (κ1) is 29.9. The molecule has 2 unspecified atom stereocenters. The molecule has 2 aliphatic heterocycles. The number of aliphatic hydroxyl groups is 1. The van der Waals surface area contributed by atoms with E-state index in [1.807, 2.05) is 0 Å². The van der Waals surface area contributed by atoms with Crippen molar-refractivity contribution in [2.45, 2.75) is 51.2 Å². The number of β-amino-alcohol motifs (C(OH)–C–C–N with tert-alkyl or cyclic N) is 1. The van der Waals surface area contributed by atoms with Crippen LogP contribution in [0.5, 0.6) is 0 Å². The number of benzene rings is 2. The Hall–Kier alpha value is -3.55. The Bertz CT molecular complexity index is 1620. The number of aromatic nitrogens is 2. The number of rotatable bonds is 4. The van der Waals surface area contributed by atoms with E-state index < -0.39 is 46.7 Å². The van der Waals surface area contributed by atoms with Gasteiger partial charge in [0.15, 0.2) is 0 Å². The van der Waals surface area contributed by atoms with Crippen molar-refractivity contribution in [1.29, 1.82) is 0 Å². The molecule has 42 heavy (non-hydrogen) atoms. The van der Waals surface area contributed by atoms with Crippen LogP contribution < -0.4 is 0 Å². The molecule has 0 saturated carbocycles. The number of halogens is 4. The Morgan fingerprint density at radius 1 is 1.17 bits per heavy atom. The highest BCUT2D eigenvalue weighted by atomic mass is 35.5. The highest BCUT2D eigenvalue weighted by Crippen LogP contribution is 2.37. The fourth-order valence-electron chi connectivity index (χ4n) is 4.85. The first-order valence-corrected chi connectivity index (χ1v) is 14.0. The summed E-state index contributed by atoms with van der Waals surface area (Å²) in [5, 5.41) is 14.8. The van der Waals surface area contributed by atoms with Crippen LogP contribution in [0.2, 0.25) is 5.02 Å². The van der Waals surface area contributed by atoms with E-state index in [1.54, 1.807) is 39.0 Å². The monoisotopic (exact) mass is 622 g/mol. The van der Waals surface area contributed by atoms with E-state index >= 15 is 0 Å². The number of likely N-dealkylation sites (tertiary alicyclic amines) is 1. The molecule has 222 valence electrons. The molecular formula is C28H26ClF3N4O5S. The molecule has 2 aromatic carbocycles. The van der Waals surface area contributed by atoms with E-state index in [1.165, 1.54) is 34.0 Å². The van der Waals surface area contributed by atoms with Crippen molar-refractivity contribution in [3.05, 3.63) is 69.2 Å². The van der Waals surface area contributed by atoms with E-state index in [-0.39, 0.29) is 35.1 Å². The maximum atomic E-state index is 13.5. The van der Waals surface area contributed by atoms with Crippen LogP contribution in [-0.4, -0.2) is 72.8 Å². The van der Waals surface area contributed by atoms with E-state index in [0.717, 1.165) is 22.7 Å². The smallest absolute Gasteiger partial charge is 0.416 e. The molecule has 0 radical (unpaired) electrons. The third kappa shape index (κ3) is 6.13. The van der Waals surface area contributed by atoms with Gasteiger partial charge in [0.1, 0.15) is 5.60 Å². The summed E-state index contributed by atoms with van der Waals surface area (Å²) in [5.74, 6) is -0.599. The summed E-state index contributed by atoms with van der Waals surface area (Å²) in [5.41, 5.74) is -0.441. The molecule has 9 nitrogen and oxygen atoms in total. The molecule has 2 atom stereocenters. The molecule has 3 amide bonds. The van der Waals surface area contributed by atoms with Crippen LogP contribution in [0, 0.1) is 0 Å². The summed E-state index contributed by atoms with van der Waals surface area (Å²) in [6.45, 7) is 4.85. The molecular weight excluding hydrogens is 597 g/mol. The van der Waals surface area contributed by atoms with E-state index in [0.29, 0.717) is 16.5 Å². The number of aliphatic hydroxyl groups excluding tert-OH is 1. The molecule has 3 heterocycles. The molecule has 5 rings (SSSR count). The van der Waals surface area contributed by atoms with Crippen LogP contribution in [0.4, 0.5) is 22.8 Å². The average molecular weight is 623 g/mol. The van der Waals surface area contributed by atoms with Crippen molar-refractivity contribution in [3.8, 4) is 0 Å². The number of hydrogen-bond donors (Lipinski definition) is 1. The Labute approximate surface area is 247 Å². The van der Waals surface area contributed by atoms with Crippen LogP contribution in [0.1, 0.15) is 37.5 Å². The average Bonchev–Trinajstić information content (AvgIpc) is 3.53. The number of carbonyl (C=O) groups is 3. The second-order valence-electron chi connectivity index (χ2n) is 11.0. The standard InChI is InChI=1S/C28H26ClF3N4O5S/c1-27(2,3)41-25(39)34-13-21(22(37)14-34)36-24(38)23(42-26(36)40)9-15-4-7-20-17(8-15)11-33-35(20)12-16-5-6-18(29)10-19(16)28(30,31)32/h4-11,21-22,37H,12-14H2,1-3H3. The third-order valence-electron chi connectivity index (χ3n) is 6.73. The molecule has 1 N–H and O–H groups in total. The minimum absolute atomic E-state index is 0.00832. The minimum atomic E-state index is -4.58. The Morgan fingerprint density at radius 2 is 1.90 bits per heavy atom. The molecule has 1 aromatic heterocycles. The highest BCUT2D eigenvalue weighted by Gasteiger charge is 2.47. The fraction of sp³-hybridized carbons (Fsp3) is 0.357. The maximum Gasteiger partial charge on any atom is 0.416 e. The van der Waals surface area contributed by atoms with Crippen LogP contribution in [0.3, 0.4) is 0 Å². The van der Waals surface area contributed by atoms with Gasteiger partial charge in [-0.2, -0.15) is 18.3 Å². The summed E-state index contributed by atoms with van der Waals surface area (Å²) in [4.78, 5) is 40.8. The predicted molar refractivity (Wildman–Crippen MR) is 151 cm³/mol. The van der Waals surface area contributed by atoms with Crippen molar-refractivity contribution < 1.29 is 37.4 Å². The Balaban J connectivity index is 1.34. The quantitative estimate of drug-likeness (QED) is 0.368. The van der Waals surface area contributed by atoms with E-state index in [2.05, 4.69) is 5.10 Å². The number of alkyl halides is 3. The van der Waals surface area contributed by atoms with Gasteiger partial charge in [-0.3, -0.25) is 19.2 Å². The van der Waals surface area contributed by atoms with Crippen molar-refractivity contribution in [1.82, 2.24) is 19.6 Å². The number of amides is 3. The number of hydrogen-bond acceptors (Lipinski definition) is 7. The number of nitrogens with zero attached hydrogens (tertiary/aromatic N) is 4. The lowest BCUT2D eigenvalue weighted by atomic mass is 10.1. The summed E-state index contributed by atoms with van der Waals surface area (Å²) in [6.07, 6.45) is -3.34. The SMILES string of the molecule is CC(C)(C)OC(=O)N1CC(O)C(N2C(=O)SC(=Cc3ccc4c(cnn4Cc4ccc(Cl)cc4C(F)(F)F)c3)C2=O)C1. The van der Waals surface area contributed by atoms with E-state index in [4.69, 9.17) is 16.3 Å². The summed E-state index contributed by atoms with van der Waals surface area (Å²) in [6, 6.07) is 7.70. The van der Waals surface area contributed by atoms with Gasteiger partial charge in [-0.25, -0.2) is 4.79 Å². The van der Waals surface area contributed by atoms with Gasteiger partial charge in [-0.15, -0.1) is 0 Å². The molecule has 2 saturated heterocycles. The molecule has 2 fully saturated rings. The van der Waals surface area contributed by atoms with Gasteiger partial charge < -0.3 is 14.7 Å². The van der Waals surface area contributed by atoms with Gasteiger partial charge >= 0.3 is 12.3 Å². The van der Waals surface area contributed by atoms with Crippen LogP contribution in [0.15, 0.2) is 47.5 Å². The Kier molecular flexibility index (Phi) is 7.79. The lowest BCUT2D eigenvalue weighted by Gasteiger charge is -2.25. The van der Waals surface area contributed by atoms with Gasteiger partial charge in [0.05, 0.1) is 47.4 Å². The number of ether oxygens (including phenoxy) is 1. The summed E-state index contributed by atoms with van der Waals surface area (Å²) < 4.78 is 47.4. The predicted octanol–water partition coefficient (Wildman–Crippen LogP) is 5.77. The molecule has 3 aromatic rings. The normalized spacial score (nSPS) is 20.8. The highest BCUT2D eigenvalue weighted by molar-refractivity contribution is 8.18. The molecule has 14 heteroatoms. The molecule has 0 spiro atoms. The topological polar surface area (TPSA) is 105 Å². The number of thioether (sulfide) groups is 1. The van der Waals surface area contributed by atoms with Gasteiger partial charge in [-0.05, 0) is 74.0 Å². The van der Waals surface area contributed by atoms with Gasteiger partial charge in [0, 0.05) is 17.0 Å². The lowest BCUT2D eigenvalue weighted by Crippen LogP contribution is -2.46. The maximum absolute atomic E-state index is 13.5. The zero-order valence-electron chi connectivity index (χ0n) is 22.7. The second kappa shape index (κ2) is 10.9. The fourth-order valence-corrected chi connectivity index (χ4v) is 5.91. The van der Waals surface area contributed by atoms with Crippen molar-refractivity contribution in [2.24, 2.45) is 0 Å². The van der Waals surface area contributed by atoms with Crippen LogP contribution in [0.25, 0.3) is 17.0 Å². The minimum Gasteiger partial charge on any atom is -0.444 e. The number of imide groups is 1. The summed E-state index contributed by atoms with van der Waals surface area (Å²) in [7, 11) is 0. The van der Waals surface area contributed by atoms with Crippen molar-refractivity contribution in [3.63, 3.8) is 0 Å². The van der Waals surface area contributed by atoms with Crippen LogP contribution in [-0.2, 0) is 22.3 Å². The molecule has 2 aliphatic rings. The number of carbonyl (C=O) groups excluding carboxylic acids is 3. The first-order valence-electron chi connectivity index (χ1n) is 12.8. The molecule has 0 bridgehead atoms. The van der Waals surface area contributed by atoms with Crippen LogP contribution >= 0.6 is 23.4 Å². The van der Waals surface area contributed by atoms with Crippen molar-refractivity contribution >= 4 is 57.6 Å². The van der Waals surface area contributed by atoms with Gasteiger partial charge in [0.25, 0.3) is 11.1 Å². The van der Waals surface area contributed by atoms with Crippen molar-refractivity contribution in [2.75, 3.05) is 13.1 Å². The summed E-state index contributed by atoms with van der Waals surface area (Å²) >= 11 is 6.51. The van der Waals surface area contributed by atoms with Gasteiger partial charge in [-0.1, -0.05) is 23.7 Å². The largest absolute Gasteiger partial charge is 0.444 e.